The Hall–Kier alpha value is 0.320. The van der Waals surface area contributed by atoms with Gasteiger partial charge in [0.1, 0.15) is 0 Å². The molecule has 0 aliphatic rings. The molecule has 64 valence electrons. The number of rotatable bonds is 1. The fraction of sp³-hybridized carbons (Fsp3) is 0. The first kappa shape index (κ1) is 10.4. The van der Waals surface area contributed by atoms with Crippen molar-refractivity contribution < 1.29 is 9.18 Å². The molecule has 0 fully saturated rings. The third kappa shape index (κ3) is 2.17. The smallest absolute Gasteiger partial charge is 0.252 e. The molecule has 0 atom stereocenters. The molecular formula is C7H2BrClFIO. The minimum Gasteiger partial charge on any atom is -0.276 e. The SMILES string of the molecule is O=C(Cl)c1cc(Br)c(F)c(I)c1. The van der Waals surface area contributed by atoms with Crippen LogP contribution in [0.1, 0.15) is 10.4 Å². The maximum Gasteiger partial charge on any atom is 0.252 e. The molecule has 0 aromatic heterocycles. The molecule has 0 unspecified atom stereocenters. The summed E-state index contributed by atoms with van der Waals surface area (Å²) in [6, 6.07) is 2.75. The van der Waals surface area contributed by atoms with E-state index in [4.69, 9.17) is 11.6 Å². The highest BCUT2D eigenvalue weighted by molar-refractivity contribution is 14.1. The third-order valence-corrected chi connectivity index (χ3v) is 2.79. The molecule has 0 saturated carbocycles. The van der Waals surface area contributed by atoms with Gasteiger partial charge in [-0.2, -0.15) is 0 Å². The van der Waals surface area contributed by atoms with E-state index in [-0.39, 0.29) is 15.9 Å². The maximum atomic E-state index is 13.0. The zero-order valence-corrected chi connectivity index (χ0v) is 10.1. The molecule has 1 rings (SSSR count). The largest absolute Gasteiger partial charge is 0.276 e. The topological polar surface area (TPSA) is 17.1 Å². The van der Waals surface area contributed by atoms with E-state index >= 15 is 0 Å². The van der Waals surface area contributed by atoms with Crippen LogP contribution in [0.5, 0.6) is 0 Å². The molecule has 0 saturated heterocycles. The van der Waals surface area contributed by atoms with Crippen LogP contribution in [-0.4, -0.2) is 5.24 Å². The maximum absolute atomic E-state index is 13.0. The molecule has 0 spiro atoms. The zero-order chi connectivity index (χ0) is 9.30. The summed E-state index contributed by atoms with van der Waals surface area (Å²) < 4.78 is 13.6. The van der Waals surface area contributed by atoms with Gasteiger partial charge in [0.15, 0.2) is 5.82 Å². The number of halogens is 4. The number of carbonyl (C=O) groups excluding carboxylic acids is 1. The lowest BCUT2D eigenvalue weighted by Crippen LogP contribution is -1.93. The van der Waals surface area contributed by atoms with E-state index < -0.39 is 5.24 Å². The summed E-state index contributed by atoms with van der Waals surface area (Å²) in [5.41, 5.74) is 0.286. The van der Waals surface area contributed by atoms with E-state index in [1.54, 1.807) is 22.6 Å². The average molecular weight is 363 g/mol. The molecule has 5 heteroatoms. The second-order valence-electron chi connectivity index (χ2n) is 2.03. The zero-order valence-electron chi connectivity index (χ0n) is 5.57. The van der Waals surface area contributed by atoms with Crippen LogP contribution in [0.3, 0.4) is 0 Å². The lowest BCUT2D eigenvalue weighted by molar-refractivity contribution is 0.108. The number of hydrogen-bond donors (Lipinski definition) is 0. The Morgan fingerprint density at radius 3 is 2.58 bits per heavy atom. The van der Waals surface area contributed by atoms with Crippen molar-refractivity contribution in [1.82, 2.24) is 0 Å². The van der Waals surface area contributed by atoms with Crippen molar-refractivity contribution in [1.29, 1.82) is 0 Å². The molecule has 0 bridgehead atoms. The van der Waals surface area contributed by atoms with Crippen molar-refractivity contribution in [2.75, 3.05) is 0 Å². The average Bonchev–Trinajstić information content (AvgIpc) is 1.99. The third-order valence-electron chi connectivity index (χ3n) is 1.21. The fourth-order valence-corrected chi connectivity index (χ4v) is 2.23. The minimum atomic E-state index is -0.589. The van der Waals surface area contributed by atoms with Crippen LogP contribution in [0, 0.1) is 9.39 Å². The standard InChI is InChI=1S/C7H2BrClFIO/c8-4-1-3(7(9)12)2-5(11)6(4)10/h1-2H. The Kier molecular flexibility index (Phi) is 3.48. The Morgan fingerprint density at radius 2 is 2.17 bits per heavy atom. The lowest BCUT2D eigenvalue weighted by Gasteiger charge is -1.99. The predicted molar refractivity (Wildman–Crippen MR) is 57.0 cm³/mol. The van der Waals surface area contributed by atoms with Gasteiger partial charge in [0.2, 0.25) is 0 Å². The van der Waals surface area contributed by atoms with Crippen LogP contribution in [0.2, 0.25) is 0 Å². The molecule has 0 N–H and O–H groups in total. The molecule has 0 aliphatic heterocycles. The molecule has 1 aromatic carbocycles. The highest BCUT2D eigenvalue weighted by Gasteiger charge is 2.09. The van der Waals surface area contributed by atoms with Crippen LogP contribution in [-0.2, 0) is 0 Å². The first-order valence-electron chi connectivity index (χ1n) is 2.86. The van der Waals surface area contributed by atoms with Gasteiger partial charge < -0.3 is 0 Å². The van der Waals surface area contributed by atoms with Gasteiger partial charge in [0.25, 0.3) is 5.24 Å². The van der Waals surface area contributed by atoms with Gasteiger partial charge in [0.05, 0.1) is 8.04 Å². The molecule has 0 amide bonds. The van der Waals surface area contributed by atoms with E-state index in [0.29, 0.717) is 3.57 Å². The van der Waals surface area contributed by atoms with Crippen LogP contribution in [0.4, 0.5) is 4.39 Å². The summed E-state index contributed by atoms with van der Waals surface area (Å²) in [5.74, 6) is -0.378. The molecule has 0 heterocycles. The summed E-state index contributed by atoms with van der Waals surface area (Å²) in [7, 11) is 0. The molecule has 0 radical (unpaired) electrons. The lowest BCUT2D eigenvalue weighted by atomic mass is 10.2. The summed E-state index contributed by atoms with van der Waals surface area (Å²) in [6.07, 6.45) is 0. The van der Waals surface area contributed by atoms with Crippen molar-refractivity contribution in [2.45, 2.75) is 0 Å². The quantitative estimate of drug-likeness (QED) is 0.424. The van der Waals surface area contributed by atoms with E-state index in [2.05, 4.69) is 15.9 Å². The van der Waals surface area contributed by atoms with Crippen molar-refractivity contribution in [2.24, 2.45) is 0 Å². The molecule has 0 aliphatic carbocycles. The van der Waals surface area contributed by atoms with E-state index in [0.717, 1.165) is 0 Å². The van der Waals surface area contributed by atoms with Gasteiger partial charge >= 0.3 is 0 Å². The second-order valence-corrected chi connectivity index (χ2v) is 4.39. The van der Waals surface area contributed by atoms with Gasteiger partial charge in [-0.15, -0.1) is 0 Å². The van der Waals surface area contributed by atoms with Crippen molar-refractivity contribution in [3.05, 3.63) is 31.6 Å². The molecule has 12 heavy (non-hydrogen) atoms. The van der Waals surface area contributed by atoms with Gasteiger partial charge in [-0.05, 0) is 62.3 Å². The first-order valence-corrected chi connectivity index (χ1v) is 5.11. The Balaban J connectivity index is 3.31. The van der Waals surface area contributed by atoms with Gasteiger partial charge in [-0.3, -0.25) is 4.79 Å². The Bertz CT molecular complexity index is 319. The van der Waals surface area contributed by atoms with Crippen molar-refractivity contribution in [3.63, 3.8) is 0 Å². The predicted octanol–water partition coefficient (Wildman–Crippen LogP) is 3.57. The Morgan fingerprint density at radius 1 is 1.58 bits per heavy atom. The molecule has 1 nitrogen and oxygen atoms in total. The van der Waals surface area contributed by atoms with Crippen LogP contribution < -0.4 is 0 Å². The van der Waals surface area contributed by atoms with Crippen LogP contribution in [0.25, 0.3) is 0 Å². The molecular weight excluding hydrogens is 361 g/mol. The highest BCUT2D eigenvalue weighted by Crippen LogP contribution is 2.23. The highest BCUT2D eigenvalue weighted by atomic mass is 127. The summed E-state index contributed by atoms with van der Waals surface area (Å²) in [4.78, 5) is 10.7. The number of carbonyl (C=O) groups is 1. The van der Waals surface area contributed by atoms with Gasteiger partial charge in [-0.1, -0.05) is 0 Å². The number of benzene rings is 1. The van der Waals surface area contributed by atoms with Crippen LogP contribution in [0.15, 0.2) is 16.6 Å². The summed E-state index contributed by atoms with van der Waals surface area (Å²) >= 11 is 9.98. The number of hydrogen-bond acceptors (Lipinski definition) is 1. The van der Waals surface area contributed by atoms with Crippen molar-refractivity contribution in [3.8, 4) is 0 Å². The van der Waals surface area contributed by atoms with E-state index in [1.807, 2.05) is 0 Å². The van der Waals surface area contributed by atoms with Gasteiger partial charge in [-0.25, -0.2) is 4.39 Å². The summed E-state index contributed by atoms with van der Waals surface area (Å²) in [5, 5.41) is -0.589. The fourth-order valence-electron chi connectivity index (χ4n) is 0.669. The minimum absolute atomic E-state index is 0.249. The van der Waals surface area contributed by atoms with E-state index in [9.17, 15) is 9.18 Å². The van der Waals surface area contributed by atoms with Gasteiger partial charge in [0, 0.05) is 5.56 Å². The van der Waals surface area contributed by atoms with Crippen molar-refractivity contribution >= 4 is 55.4 Å². The molecule has 1 aromatic rings. The second kappa shape index (κ2) is 4.02. The monoisotopic (exact) mass is 362 g/mol. The normalized spacial score (nSPS) is 10.0. The first-order chi connectivity index (χ1) is 5.52. The Labute approximate surface area is 95.6 Å². The van der Waals surface area contributed by atoms with Crippen LogP contribution >= 0.6 is 50.1 Å². The summed E-state index contributed by atoms with van der Waals surface area (Å²) in [6.45, 7) is 0. The van der Waals surface area contributed by atoms with E-state index in [1.165, 1.54) is 12.1 Å².